The summed E-state index contributed by atoms with van der Waals surface area (Å²) in [5, 5.41) is 0. The minimum absolute atomic E-state index is 0. The van der Waals surface area contributed by atoms with Gasteiger partial charge in [-0.05, 0) is 0 Å². The standard InChI is InChI=1S/C2H4F3O4P.Li.H/c3-2(4,5)1-9-10(6,7)8;;/h1H2,(H2,6,7,8);;. The number of phosphoric acid groups is 1. The van der Waals surface area contributed by atoms with Crippen molar-refractivity contribution in [3.05, 3.63) is 0 Å². The molecule has 0 aromatic heterocycles. The third-order valence-electron chi connectivity index (χ3n) is 0.396. The van der Waals surface area contributed by atoms with E-state index in [9.17, 15) is 17.7 Å². The molecule has 0 saturated heterocycles. The van der Waals surface area contributed by atoms with Gasteiger partial charge < -0.3 is 9.79 Å². The number of rotatable bonds is 2. The predicted molar refractivity (Wildman–Crippen MR) is 31.2 cm³/mol. The molecule has 0 aliphatic heterocycles. The minimum atomic E-state index is -4.98. The first-order valence-corrected chi connectivity index (χ1v) is 3.50. The fourth-order valence-electron chi connectivity index (χ4n) is 0.157. The van der Waals surface area contributed by atoms with Crippen LogP contribution in [0.4, 0.5) is 13.2 Å². The Morgan fingerprint density at radius 2 is 1.73 bits per heavy atom. The molecule has 0 saturated carbocycles. The van der Waals surface area contributed by atoms with Crippen LogP contribution >= 0.6 is 7.82 Å². The van der Waals surface area contributed by atoms with Crippen LogP contribution in [0.5, 0.6) is 0 Å². The molecule has 0 aliphatic carbocycles. The number of hydrogen-bond acceptors (Lipinski definition) is 2. The predicted octanol–water partition coefficient (Wildman–Crippen LogP) is 0.00950. The Morgan fingerprint density at radius 1 is 1.36 bits per heavy atom. The van der Waals surface area contributed by atoms with Crippen LogP contribution in [0.3, 0.4) is 0 Å². The van der Waals surface area contributed by atoms with E-state index in [2.05, 4.69) is 4.52 Å². The summed E-state index contributed by atoms with van der Waals surface area (Å²) in [4.78, 5) is 15.5. The first-order chi connectivity index (χ1) is 4.21. The van der Waals surface area contributed by atoms with Gasteiger partial charge in [0.15, 0.2) is 6.61 Å². The Bertz CT molecular complexity index is 152. The second-order valence-electron chi connectivity index (χ2n) is 1.38. The van der Waals surface area contributed by atoms with E-state index in [0.717, 1.165) is 0 Å². The first kappa shape index (κ1) is 14.0. The number of alkyl halides is 3. The van der Waals surface area contributed by atoms with Gasteiger partial charge in [0.2, 0.25) is 0 Å². The van der Waals surface area contributed by atoms with Crippen LogP contribution in [0.25, 0.3) is 0 Å². The Balaban J connectivity index is 0. The van der Waals surface area contributed by atoms with Gasteiger partial charge in [0.25, 0.3) is 0 Å². The third-order valence-corrected chi connectivity index (χ3v) is 0.862. The van der Waals surface area contributed by atoms with Crippen molar-refractivity contribution in [1.29, 1.82) is 0 Å². The fraction of sp³-hybridized carbons (Fsp3) is 1.00. The molecular weight excluding hydrogens is 183 g/mol. The Hall–Kier alpha value is 0.497. The van der Waals surface area contributed by atoms with Gasteiger partial charge in [0.05, 0.1) is 0 Å². The topological polar surface area (TPSA) is 66.8 Å². The molecule has 0 radical (unpaired) electrons. The maximum absolute atomic E-state index is 11.1. The molecule has 0 rings (SSSR count). The fourth-order valence-corrected chi connectivity index (χ4v) is 0.472. The number of halogens is 3. The summed E-state index contributed by atoms with van der Waals surface area (Å²) >= 11 is 0. The van der Waals surface area contributed by atoms with Gasteiger partial charge in [0, 0.05) is 0 Å². The molecule has 64 valence electrons. The molecular formula is C2H5F3LiO4P. The van der Waals surface area contributed by atoms with Gasteiger partial charge in [-0.25, -0.2) is 4.57 Å². The van der Waals surface area contributed by atoms with E-state index in [4.69, 9.17) is 9.79 Å². The van der Waals surface area contributed by atoms with E-state index in [0.29, 0.717) is 0 Å². The van der Waals surface area contributed by atoms with Crippen LogP contribution in [0.1, 0.15) is 0 Å². The maximum atomic E-state index is 11.1. The molecule has 0 bridgehead atoms. The number of hydrogen-bond donors (Lipinski definition) is 2. The summed E-state index contributed by atoms with van der Waals surface area (Å²) in [5.41, 5.74) is 0. The zero-order valence-corrected chi connectivity index (χ0v) is 5.39. The SMILES string of the molecule is O=P(O)(O)OCC(F)(F)F.[LiH]. The molecule has 0 aliphatic rings. The van der Waals surface area contributed by atoms with Crippen molar-refractivity contribution in [3.8, 4) is 0 Å². The number of phosphoric ester groups is 1. The Morgan fingerprint density at radius 3 is 1.82 bits per heavy atom. The molecule has 4 nitrogen and oxygen atoms in total. The van der Waals surface area contributed by atoms with E-state index in [-0.39, 0.29) is 18.9 Å². The van der Waals surface area contributed by atoms with E-state index >= 15 is 0 Å². The zero-order chi connectivity index (χ0) is 8.41. The van der Waals surface area contributed by atoms with Gasteiger partial charge in [-0.15, -0.1) is 0 Å². The molecule has 2 N–H and O–H groups in total. The van der Waals surface area contributed by atoms with Gasteiger partial charge in [0.1, 0.15) is 0 Å². The van der Waals surface area contributed by atoms with Crippen molar-refractivity contribution >= 4 is 26.7 Å². The average Bonchev–Trinajstić information content (AvgIpc) is 1.57. The summed E-state index contributed by atoms with van der Waals surface area (Å²) in [6, 6.07) is 0. The van der Waals surface area contributed by atoms with Crippen molar-refractivity contribution in [3.63, 3.8) is 0 Å². The van der Waals surface area contributed by atoms with E-state index in [1.807, 2.05) is 0 Å². The van der Waals surface area contributed by atoms with Crippen molar-refractivity contribution in [1.82, 2.24) is 0 Å². The van der Waals surface area contributed by atoms with Crippen LogP contribution in [0, 0.1) is 0 Å². The summed E-state index contributed by atoms with van der Waals surface area (Å²) in [7, 11) is -4.98. The molecule has 0 aromatic carbocycles. The molecule has 0 atom stereocenters. The van der Waals surface area contributed by atoms with Crippen LogP contribution in [0.15, 0.2) is 0 Å². The van der Waals surface area contributed by atoms with Crippen molar-refractivity contribution in [2.24, 2.45) is 0 Å². The molecule has 0 fully saturated rings. The third kappa shape index (κ3) is 13.5. The normalized spacial score (nSPS) is 12.5. The van der Waals surface area contributed by atoms with Crippen LogP contribution < -0.4 is 0 Å². The van der Waals surface area contributed by atoms with Crippen molar-refractivity contribution < 1.29 is 32.0 Å². The van der Waals surface area contributed by atoms with Gasteiger partial charge in [-0.1, -0.05) is 0 Å². The Labute approximate surface area is 72.1 Å². The summed E-state index contributed by atoms with van der Waals surface area (Å²) < 4.78 is 46.1. The van der Waals surface area contributed by atoms with Crippen LogP contribution in [-0.4, -0.2) is 41.4 Å². The van der Waals surface area contributed by atoms with Gasteiger partial charge in [-0.3, -0.25) is 4.52 Å². The quantitative estimate of drug-likeness (QED) is 0.473. The molecule has 0 unspecified atom stereocenters. The summed E-state index contributed by atoms with van der Waals surface area (Å²) in [6.45, 7) is -1.93. The molecule has 0 amide bonds. The van der Waals surface area contributed by atoms with E-state index in [1.165, 1.54) is 0 Å². The molecule has 9 heteroatoms. The van der Waals surface area contributed by atoms with Crippen molar-refractivity contribution in [2.75, 3.05) is 6.61 Å². The molecule has 0 spiro atoms. The van der Waals surface area contributed by atoms with Gasteiger partial charge in [-0.2, -0.15) is 13.2 Å². The Kier molecular flexibility index (Phi) is 5.75. The zero-order valence-electron chi connectivity index (χ0n) is 4.50. The van der Waals surface area contributed by atoms with Crippen LogP contribution in [-0.2, 0) is 9.09 Å². The second-order valence-corrected chi connectivity index (χ2v) is 2.62. The summed E-state index contributed by atoms with van der Waals surface area (Å²) in [6.07, 6.45) is -4.71. The molecule has 0 heterocycles. The van der Waals surface area contributed by atoms with E-state index < -0.39 is 20.6 Å². The second kappa shape index (κ2) is 4.51. The molecule has 0 aromatic rings. The van der Waals surface area contributed by atoms with Gasteiger partial charge >= 0.3 is 32.9 Å². The van der Waals surface area contributed by atoms with Crippen molar-refractivity contribution in [2.45, 2.75) is 6.18 Å². The summed E-state index contributed by atoms with van der Waals surface area (Å²) in [5.74, 6) is 0. The molecule has 11 heavy (non-hydrogen) atoms. The van der Waals surface area contributed by atoms with E-state index in [1.54, 1.807) is 0 Å². The average molecular weight is 188 g/mol. The monoisotopic (exact) mass is 188 g/mol. The van der Waals surface area contributed by atoms with Crippen LogP contribution in [0.2, 0.25) is 0 Å². The first-order valence-electron chi connectivity index (χ1n) is 1.97.